The van der Waals surface area contributed by atoms with Crippen molar-refractivity contribution in [3.05, 3.63) is 102 Å². The minimum Gasteiger partial charge on any atom is -0.489 e. The number of nitrogens with zero attached hydrogens (tertiary/aromatic N) is 2. The van der Waals surface area contributed by atoms with Gasteiger partial charge in [-0.1, -0.05) is 120 Å². The maximum atomic E-state index is 12.9. The van der Waals surface area contributed by atoms with Gasteiger partial charge in [0.2, 0.25) is 11.8 Å². The van der Waals surface area contributed by atoms with Gasteiger partial charge < -0.3 is 19.7 Å². The molecule has 0 unspecified atom stereocenters. The third-order valence-corrected chi connectivity index (χ3v) is 11.3. The van der Waals surface area contributed by atoms with E-state index in [0.717, 1.165) is 74.9 Å². The Kier molecular flexibility index (Phi) is 23.4. The largest absolute Gasteiger partial charge is 0.489 e. The fourth-order valence-corrected chi connectivity index (χ4v) is 7.26. The Morgan fingerprint density at radius 3 is 2.11 bits per heavy atom. The summed E-state index contributed by atoms with van der Waals surface area (Å²) >= 11 is 0. The van der Waals surface area contributed by atoms with E-state index in [1.54, 1.807) is 0 Å². The second-order valence-corrected chi connectivity index (χ2v) is 15.6. The first-order valence-electron chi connectivity index (χ1n) is 22.0. The van der Waals surface area contributed by atoms with Gasteiger partial charge in [-0.15, -0.1) is 6.58 Å². The summed E-state index contributed by atoms with van der Waals surface area (Å²) in [5.41, 5.74) is 2.52. The molecule has 0 atom stereocenters. The van der Waals surface area contributed by atoms with Gasteiger partial charge in [0.15, 0.2) is 0 Å². The zero-order chi connectivity index (χ0) is 41.0. The molecule has 1 N–H and O–H groups in total. The van der Waals surface area contributed by atoms with Gasteiger partial charge in [-0.3, -0.25) is 14.5 Å². The van der Waals surface area contributed by atoms with E-state index in [-0.39, 0.29) is 29.7 Å². The average Bonchev–Trinajstić information content (AvgIpc) is 3.23. The van der Waals surface area contributed by atoms with Crippen LogP contribution in [0, 0.1) is 5.41 Å². The highest BCUT2D eigenvalue weighted by Crippen LogP contribution is 2.34. The van der Waals surface area contributed by atoms with Crippen LogP contribution in [0.4, 0.5) is 0 Å². The van der Waals surface area contributed by atoms with Crippen molar-refractivity contribution in [3.63, 3.8) is 0 Å². The standard InChI is InChI=1S/C49H73N3O5/c1-5-9-10-11-12-13-14-15-16-17-18-19-20-21-22-25-37-56-48(55)43-30-28-42(29-31-43)41-57-45-27-24-23-26-44(45)40-51-33-35-52(36-34-51)47(54)39-50-46(53)38-49(7-3,8-4)32-6-2/h6,12-13,15-16,23-24,26-31H,2,5,7-11,14,17-22,25,32-41H2,1,3-4H3,(H,50,53)/b13-12-,16-15-. The first-order valence-corrected chi connectivity index (χ1v) is 22.0. The van der Waals surface area contributed by atoms with Crippen molar-refractivity contribution >= 4 is 17.8 Å². The van der Waals surface area contributed by atoms with Crippen molar-refractivity contribution < 1.29 is 23.9 Å². The maximum Gasteiger partial charge on any atom is 0.338 e. The van der Waals surface area contributed by atoms with E-state index in [0.29, 0.717) is 44.8 Å². The first-order chi connectivity index (χ1) is 27.8. The number of ether oxygens (including phenoxy) is 2. The van der Waals surface area contributed by atoms with Crippen LogP contribution in [0.5, 0.6) is 5.75 Å². The first kappa shape index (κ1) is 47.2. The van der Waals surface area contributed by atoms with E-state index in [2.05, 4.69) is 67.9 Å². The number of benzene rings is 2. The molecular weight excluding hydrogens is 711 g/mol. The SMILES string of the molecule is C=CCC(CC)(CC)CC(=O)NCC(=O)N1CCN(Cc2ccccc2OCc2ccc(C(=O)OCCCCCCCC/C=C\C/C=C\CCCCC)cc2)CC1. The number of esters is 1. The number of hydrogen-bond donors (Lipinski definition) is 1. The molecule has 2 amide bonds. The number of unbranched alkanes of at least 4 members (excludes halogenated alkanes) is 9. The Morgan fingerprint density at radius 1 is 0.789 bits per heavy atom. The lowest BCUT2D eigenvalue weighted by Crippen LogP contribution is -2.51. The highest BCUT2D eigenvalue weighted by molar-refractivity contribution is 5.89. The van der Waals surface area contributed by atoms with E-state index in [1.807, 2.05) is 53.4 Å². The van der Waals surface area contributed by atoms with Crippen molar-refractivity contribution in [2.24, 2.45) is 5.41 Å². The van der Waals surface area contributed by atoms with Crippen LogP contribution in [0.2, 0.25) is 0 Å². The Bertz CT molecular complexity index is 1510. The molecule has 1 heterocycles. The summed E-state index contributed by atoms with van der Waals surface area (Å²) in [6.45, 7) is 14.6. The number of carbonyl (C=O) groups excluding carboxylic acids is 3. The number of amides is 2. The molecular formula is C49H73N3O5. The van der Waals surface area contributed by atoms with Gasteiger partial charge in [0, 0.05) is 44.7 Å². The minimum atomic E-state index is -0.281. The van der Waals surface area contributed by atoms with Crippen LogP contribution in [0.15, 0.2) is 85.5 Å². The van der Waals surface area contributed by atoms with Gasteiger partial charge >= 0.3 is 5.97 Å². The molecule has 0 bridgehead atoms. The van der Waals surface area contributed by atoms with Gasteiger partial charge in [-0.05, 0) is 87.0 Å². The zero-order valence-electron chi connectivity index (χ0n) is 35.6. The quantitative estimate of drug-likeness (QED) is 0.0502. The van der Waals surface area contributed by atoms with E-state index in [4.69, 9.17) is 9.47 Å². The molecule has 2 aromatic rings. The summed E-state index contributed by atoms with van der Waals surface area (Å²) in [6, 6.07) is 15.5. The van der Waals surface area contributed by atoms with Gasteiger partial charge in [0.05, 0.1) is 18.7 Å². The molecule has 0 saturated carbocycles. The molecule has 0 radical (unpaired) electrons. The number of piperazine rings is 1. The Morgan fingerprint density at radius 2 is 1.44 bits per heavy atom. The summed E-state index contributed by atoms with van der Waals surface area (Å²) in [5.74, 6) is 0.426. The highest BCUT2D eigenvalue weighted by atomic mass is 16.5. The molecule has 0 aliphatic carbocycles. The lowest BCUT2D eigenvalue weighted by Gasteiger charge is -2.35. The van der Waals surface area contributed by atoms with E-state index in [9.17, 15) is 14.4 Å². The number of rotatable bonds is 29. The molecule has 1 fully saturated rings. The van der Waals surface area contributed by atoms with Crippen LogP contribution in [-0.2, 0) is 27.5 Å². The van der Waals surface area contributed by atoms with Crippen LogP contribution >= 0.6 is 0 Å². The predicted molar refractivity (Wildman–Crippen MR) is 234 cm³/mol. The molecule has 1 saturated heterocycles. The van der Waals surface area contributed by atoms with E-state index in [1.165, 1.54) is 51.4 Å². The molecule has 314 valence electrons. The van der Waals surface area contributed by atoms with Gasteiger partial charge in [-0.25, -0.2) is 4.79 Å². The summed E-state index contributed by atoms with van der Waals surface area (Å²) < 4.78 is 11.8. The third-order valence-electron chi connectivity index (χ3n) is 11.3. The molecule has 0 spiro atoms. The Labute approximate surface area is 345 Å². The summed E-state index contributed by atoms with van der Waals surface area (Å²) in [5, 5.41) is 2.86. The zero-order valence-corrected chi connectivity index (χ0v) is 35.6. The van der Waals surface area contributed by atoms with Crippen LogP contribution in [-0.4, -0.2) is 66.9 Å². The smallest absolute Gasteiger partial charge is 0.338 e. The van der Waals surface area contributed by atoms with E-state index >= 15 is 0 Å². The average molecular weight is 784 g/mol. The van der Waals surface area contributed by atoms with E-state index < -0.39 is 0 Å². The van der Waals surface area contributed by atoms with Crippen LogP contribution in [0.25, 0.3) is 0 Å². The van der Waals surface area contributed by atoms with Crippen molar-refractivity contribution in [2.45, 2.75) is 137 Å². The van der Waals surface area contributed by atoms with Crippen LogP contribution < -0.4 is 10.1 Å². The van der Waals surface area contributed by atoms with Gasteiger partial charge in [0.25, 0.3) is 0 Å². The fourth-order valence-electron chi connectivity index (χ4n) is 7.26. The van der Waals surface area contributed by atoms with Crippen LogP contribution in [0.1, 0.15) is 145 Å². The molecule has 1 aliphatic rings. The topological polar surface area (TPSA) is 88.2 Å². The molecule has 8 heteroatoms. The Hall–Kier alpha value is -4.17. The number of para-hydroxylation sites is 1. The number of hydrogen-bond acceptors (Lipinski definition) is 6. The molecule has 57 heavy (non-hydrogen) atoms. The van der Waals surface area contributed by atoms with Crippen molar-refractivity contribution in [1.29, 1.82) is 0 Å². The molecule has 3 rings (SSSR count). The van der Waals surface area contributed by atoms with Crippen LogP contribution in [0.3, 0.4) is 0 Å². The normalized spacial score (nSPS) is 13.6. The lowest BCUT2D eigenvalue weighted by molar-refractivity contribution is -0.134. The Balaban J connectivity index is 1.28. The monoisotopic (exact) mass is 784 g/mol. The minimum absolute atomic E-state index is 0.0340. The summed E-state index contributed by atoms with van der Waals surface area (Å²) in [4.78, 5) is 42.4. The van der Waals surface area contributed by atoms with Crippen molar-refractivity contribution in [3.8, 4) is 5.75 Å². The maximum absolute atomic E-state index is 12.9. The number of allylic oxidation sites excluding steroid dienone is 5. The fraction of sp³-hybridized carbons (Fsp3) is 0.571. The molecule has 8 nitrogen and oxygen atoms in total. The number of carbonyl (C=O) groups is 3. The van der Waals surface area contributed by atoms with Gasteiger partial charge in [-0.2, -0.15) is 0 Å². The summed E-state index contributed by atoms with van der Waals surface area (Å²) in [6.07, 6.45) is 28.3. The second-order valence-electron chi connectivity index (χ2n) is 15.6. The summed E-state index contributed by atoms with van der Waals surface area (Å²) in [7, 11) is 0. The molecule has 2 aromatic carbocycles. The molecule has 1 aliphatic heterocycles. The second kappa shape index (κ2) is 28.3. The van der Waals surface area contributed by atoms with Gasteiger partial charge in [0.1, 0.15) is 12.4 Å². The van der Waals surface area contributed by atoms with Crippen molar-refractivity contribution in [2.75, 3.05) is 39.3 Å². The number of nitrogens with one attached hydrogen (secondary N) is 1. The molecule has 0 aromatic heterocycles. The lowest BCUT2D eigenvalue weighted by atomic mass is 9.76. The predicted octanol–water partition coefficient (Wildman–Crippen LogP) is 10.8. The van der Waals surface area contributed by atoms with Crippen molar-refractivity contribution in [1.82, 2.24) is 15.1 Å². The highest BCUT2D eigenvalue weighted by Gasteiger charge is 2.28. The third kappa shape index (κ3) is 18.8.